The van der Waals surface area contributed by atoms with E-state index in [2.05, 4.69) is 15.4 Å². The number of rotatable bonds is 4. The van der Waals surface area contributed by atoms with E-state index >= 15 is 0 Å². The standard InChI is InChI=1S/C12H14ClN5O/c1-18-9(3-5-17-18)2-4-15-12(19)8-6-10(13)11(14)16-7-8/h3,5-7H,2,4H2,1H3,(H2,14,16)(H,15,19). The Morgan fingerprint density at radius 2 is 2.37 bits per heavy atom. The molecular weight excluding hydrogens is 266 g/mol. The highest BCUT2D eigenvalue weighted by atomic mass is 35.5. The average molecular weight is 280 g/mol. The van der Waals surface area contributed by atoms with Crippen LogP contribution >= 0.6 is 11.6 Å². The molecule has 0 aliphatic carbocycles. The Morgan fingerprint density at radius 3 is 3.00 bits per heavy atom. The molecule has 2 aromatic rings. The maximum Gasteiger partial charge on any atom is 0.252 e. The number of nitrogens with two attached hydrogens (primary N) is 1. The number of halogens is 1. The molecule has 100 valence electrons. The van der Waals surface area contributed by atoms with Crippen LogP contribution in [0.2, 0.25) is 5.02 Å². The van der Waals surface area contributed by atoms with Gasteiger partial charge in [0.1, 0.15) is 5.82 Å². The molecular formula is C12H14ClN5O. The van der Waals surface area contributed by atoms with E-state index in [9.17, 15) is 4.79 Å². The van der Waals surface area contributed by atoms with Crippen molar-refractivity contribution in [3.05, 3.63) is 40.8 Å². The molecule has 2 heterocycles. The number of hydrogen-bond donors (Lipinski definition) is 2. The third kappa shape index (κ3) is 3.23. The molecule has 3 N–H and O–H groups in total. The topological polar surface area (TPSA) is 85.8 Å². The predicted octanol–water partition coefficient (Wildman–Crippen LogP) is 1.02. The first-order valence-electron chi connectivity index (χ1n) is 5.74. The monoisotopic (exact) mass is 279 g/mol. The van der Waals surface area contributed by atoms with Crippen molar-refractivity contribution in [3.8, 4) is 0 Å². The van der Waals surface area contributed by atoms with E-state index in [1.165, 1.54) is 12.3 Å². The van der Waals surface area contributed by atoms with Crippen LogP contribution < -0.4 is 11.1 Å². The third-order valence-corrected chi connectivity index (χ3v) is 3.02. The molecule has 0 unspecified atom stereocenters. The maximum atomic E-state index is 11.8. The lowest BCUT2D eigenvalue weighted by atomic mass is 10.2. The van der Waals surface area contributed by atoms with Crippen molar-refractivity contribution in [2.24, 2.45) is 7.05 Å². The van der Waals surface area contributed by atoms with Gasteiger partial charge >= 0.3 is 0 Å². The Morgan fingerprint density at radius 1 is 1.58 bits per heavy atom. The summed E-state index contributed by atoms with van der Waals surface area (Å²) in [5.41, 5.74) is 6.93. The van der Waals surface area contributed by atoms with Crippen molar-refractivity contribution in [3.63, 3.8) is 0 Å². The molecule has 2 aromatic heterocycles. The summed E-state index contributed by atoms with van der Waals surface area (Å²) < 4.78 is 1.77. The van der Waals surface area contributed by atoms with Gasteiger partial charge in [0.2, 0.25) is 0 Å². The number of aromatic nitrogens is 3. The quantitative estimate of drug-likeness (QED) is 0.875. The normalized spacial score (nSPS) is 10.4. The number of carbonyl (C=O) groups is 1. The summed E-state index contributed by atoms with van der Waals surface area (Å²) in [5, 5.41) is 7.13. The number of pyridine rings is 1. The van der Waals surface area contributed by atoms with Crippen LogP contribution in [-0.2, 0) is 13.5 Å². The molecule has 0 atom stereocenters. The van der Waals surface area contributed by atoms with Crippen LogP contribution in [0.15, 0.2) is 24.5 Å². The molecule has 19 heavy (non-hydrogen) atoms. The van der Waals surface area contributed by atoms with Crippen molar-refractivity contribution in [1.29, 1.82) is 0 Å². The molecule has 6 nitrogen and oxygen atoms in total. The van der Waals surface area contributed by atoms with Gasteiger partial charge in [0.05, 0.1) is 10.6 Å². The summed E-state index contributed by atoms with van der Waals surface area (Å²) in [6, 6.07) is 3.41. The number of nitrogen functional groups attached to an aromatic ring is 1. The van der Waals surface area contributed by atoms with Gasteiger partial charge in [-0.05, 0) is 12.1 Å². The minimum Gasteiger partial charge on any atom is -0.382 e. The van der Waals surface area contributed by atoms with E-state index in [1.807, 2.05) is 13.1 Å². The van der Waals surface area contributed by atoms with Crippen LogP contribution in [0.4, 0.5) is 5.82 Å². The minimum absolute atomic E-state index is 0.216. The van der Waals surface area contributed by atoms with Crippen molar-refractivity contribution in [1.82, 2.24) is 20.1 Å². The Labute approximate surface area is 115 Å². The molecule has 7 heteroatoms. The molecule has 1 amide bonds. The smallest absolute Gasteiger partial charge is 0.252 e. The van der Waals surface area contributed by atoms with Crippen LogP contribution in [0.3, 0.4) is 0 Å². The van der Waals surface area contributed by atoms with Crippen molar-refractivity contribution in [2.45, 2.75) is 6.42 Å². The summed E-state index contributed by atoms with van der Waals surface area (Å²) in [6.07, 6.45) is 3.83. The highest BCUT2D eigenvalue weighted by Gasteiger charge is 2.08. The zero-order chi connectivity index (χ0) is 13.8. The lowest BCUT2D eigenvalue weighted by Crippen LogP contribution is -2.26. The fourth-order valence-corrected chi connectivity index (χ4v) is 1.79. The molecule has 0 saturated heterocycles. The maximum absolute atomic E-state index is 11.8. The highest BCUT2D eigenvalue weighted by molar-refractivity contribution is 6.33. The molecule has 0 spiro atoms. The first-order chi connectivity index (χ1) is 9.08. The van der Waals surface area contributed by atoms with Crippen molar-refractivity contribution in [2.75, 3.05) is 12.3 Å². The predicted molar refractivity (Wildman–Crippen MR) is 72.9 cm³/mol. The van der Waals surface area contributed by atoms with Gasteiger partial charge in [0.15, 0.2) is 0 Å². The number of aryl methyl sites for hydroxylation is 1. The van der Waals surface area contributed by atoms with E-state index in [-0.39, 0.29) is 16.7 Å². The lowest BCUT2D eigenvalue weighted by Gasteiger charge is -2.06. The lowest BCUT2D eigenvalue weighted by molar-refractivity contribution is 0.0953. The number of nitrogens with zero attached hydrogens (tertiary/aromatic N) is 3. The van der Waals surface area contributed by atoms with Crippen LogP contribution in [-0.4, -0.2) is 27.2 Å². The number of carbonyl (C=O) groups excluding carboxylic acids is 1. The summed E-state index contributed by atoms with van der Waals surface area (Å²) in [6.45, 7) is 0.514. The van der Waals surface area contributed by atoms with Crippen LogP contribution in [0.1, 0.15) is 16.1 Å². The summed E-state index contributed by atoms with van der Waals surface area (Å²) in [7, 11) is 1.86. The second-order valence-electron chi connectivity index (χ2n) is 4.04. The van der Waals surface area contributed by atoms with Crippen LogP contribution in [0.5, 0.6) is 0 Å². The van der Waals surface area contributed by atoms with Crippen molar-refractivity contribution < 1.29 is 4.79 Å². The summed E-state index contributed by atoms with van der Waals surface area (Å²) >= 11 is 5.81. The van der Waals surface area contributed by atoms with E-state index in [1.54, 1.807) is 10.9 Å². The second-order valence-corrected chi connectivity index (χ2v) is 4.45. The fourth-order valence-electron chi connectivity index (χ4n) is 1.63. The number of nitrogens with one attached hydrogen (secondary N) is 1. The summed E-state index contributed by atoms with van der Waals surface area (Å²) in [4.78, 5) is 15.7. The molecule has 0 aliphatic heterocycles. The third-order valence-electron chi connectivity index (χ3n) is 2.72. The minimum atomic E-state index is -0.225. The molecule has 2 rings (SSSR count). The second kappa shape index (κ2) is 5.71. The van der Waals surface area contributed by atoms with Crippen LogP contribution in [0, 0.1) is 0 Å². The number of amides is 1. The Balaban J connectivity index is 1.91. The molecule has 0 radical (unpaired) electrons. The van der Waals surface area contributed by atoms with Gasteiger partial charge in [-0.2, -0.15) is 5.10 Å². The Bertz CT molecular complexity index is 596. The molecule has 0 aromatic carbocycles. The van der Waals surface area contributed by atoms with Gasteiger partial charge in [-0.15, -0.1) is 0 Å². The molecule has 0 fully saturated rings. The van der Waals surface area contributed by atoms with E-state index in [4.69, 9.17) is 17.3 Å². The van der Waals surface area contributed by atoms with Gasteiger partial charge < -0.3 is 11.1 Å². The highest BCUT2D eigenvalue weighted by Crippen LogP contribution is 2.16. The van der Waals surface area contributed by atoms with E-state index in [0.717, 1.165) is 5.69 Å². The Kier molecular flexibility index (Phi) is 4.01. The molecule has 0 aliphatic rings. The average Bonchev–Trinajstić information content (AvgIpc) is 2.78. The zero-order valence-corrected chi connectivity index (χ0v) is 11.2. The SMILES string of the molecule is Cn1nccc1CCNC(=O)c1cnc(N)c(Cl)c1. The number of anilines is 1. The largest absolute Gasteiger partial charge is 0.382 e. The van der Waals surface area contributed by atoms with Gasteiger partial charge in [-0.3, -0.25) is 9.48 Å². The van der Waals surface area contributed by atoms with E-state index < -0.39 is 0 Å². The van der Waals surface area contributed by atoms with Crippen LogP contribution in [0.25, 0.3) is 0 Å². The Hall–Kier alpha value is -2.08. The fraction of sp³-hybridized carbons (Fsp3) is 0.250. The summed E-state index contributed by atoms with van der Waals surface area (Å²) in [5.74, 6) is -0.00957. The first-order valence-corrected chi connectivity index (χ1v) is 6.12. The van der Waals surface area contributed by atoms with Gasteiger partial charge in [0, 0.05) is 38.1 Å². The van der Waals surface area contributed by atoms with Gasteiger partial charge in [-0.25, -0.2) is 4.98 Å². The van der Waals surface area contributed by atoms with E-state index in [0.29, 0.717) is 18.5 Å². The van der Waals surface area contributed by atoms with Crippen molar-refractivity contribution >= 4 is 23.3 Å². The zero-order valence-electron chi connectivity index (χ0n) is 10.4. The van der Waals surface area contributed by atoms with Gasteiger partial charge in [-0.1, -0.05) is 11.6 Å². The molecule has 0 bridgehead atoms. The van der Waals surface area contributed by atoms with Gasteiger partial charge in [0.25, 0.3) is 5.91 Å². The molecule has 0 saturated carbocycles. The number of hydrogen-bond acceptors (Lipinski definition) is 4. The first kappa shape index (κ1) is 13.4.